The Morgan fingerprint density at radius 2 is 1.70 bits per heavy atom. The molecule has 2 N–H and O–H groups in total. The maximum atomic E-state index is 12.5. The molecule has 2 aromatic rings. The number of ether oxygens (including phenoxy) is 1. The van der Waals surface area contributed by atoms with E-state index in [4.69, 9.17) is 10.5 Å². The van der Waals surface area contributed by atoms with Crippen molar-refractivity contribution in [3.05, 3.63) is 65.2 Å². The highest BCUT2D eigenvalue weighted by Gasteiger charge is 2.15. The fourth-order valence-corrected chi connectivity index (χ4v) is 2.00. The van der Waals surface area contributed by atoms with Gasteiger partial charge in [0.05, 0.1) is 7.11 Å². The number of halogens is 1. The molecule has 106 valence electrons. The zero-order chi connectivity index (χ0) is 13.8. The van der Waals surface area contributed by atoms with Gasteiger partial charge >= 0.3 is 0 Å². The van der Waals surface area contributed by atoms with Crippen LogP contribution in [0, 0.1) is 0 Å². The van der Waals surface area contributed by atoms with Crippen LogP contribution in [0.3, 0.4) is 0 Å². The maximum absolute atomic E-state index is 12.5. The van der Waals surface area contributed by atoms with Crippen molar-refractivity contribution < 1.29 is 9.53 Å². The van der Waals surface area contributed by atoms with E-state index in [1.54, 1.807) is 31.4 Å². The van der Waals surface area contributed by atoms with Gasteiger partial charge in [-0.1, -0.05) is 24.3 Å². The third-order valence-corrected chi connectivity index (χ3v) is 3.05. The highest BCUT2D eigenvalue weighted by molar-refractivity contribution is 6.10. The fraction of sp³-hybridized carbons (Fsp3) is 0.188. The minimum Gasteiger partial charge on any atom is -0.497 e. The Kier molecular flexibility index (Phi) is 5.74. The van der Waals surface area contributed by atoms with E-state index in [9.17, 15) is 4.79 Å². The number of carbonyl (C=O) groups excluding carboxylic acids is 1. The Labute approximate surface area is 125 Å². The molecule has 0 spiro atoms. The van der Waals surface area contributed by atoms with E-state index in [-0.39, 0.29) is 24.2 Å². The van der Waals surface area contributed by atoms with Crippen LogP contribution in [0.2, 0.25) is 0 Å². The molecular weight excluding hydrogens is 274 g/mol. The predicted octanol–water partition coefficient (Wildman–Crippen LogP) is 3.37. The van der Waals surface area contributed by atoms with Crippen LogP contribution >= 0.6 is 12.4 Å². The topological polar surface area (TPSA) is 52.3 Å². The molecule has 0 bridgehead atoms. The van der Waals surface area contributed by atoms with Crippen LogP contribution in [0.25, 0.3) is 0 Å². The summed E-state index contributed by atoms with van der Waals surface area (Å²) in [4.78, 5) is 12.5. The Morgan fingerprint density at radius 3 is 2.25 bits per heavy atom. The summed E-state index contributed by atoms with van der Waals surface area (Å²) in [7, 11) is 1.60. The van der Waals surface area contributed by atoms with Gasteiger partial charge in [-0.3, -0.25) is 4.79 Å². The number of benzene rings is 2. The molecule has 1 atom stereocenters. The Balaban J connectivity index is 0.00000200. The van der Waals surface area contributed by atoms with Crippen LogP contribution in [0.5, 0.6) is 5.75 Å². The lowest BCUT2D eigenvalue weighted by Crippen LogP contribution is -2.12. The summed E-state index contributed by atoms with van der Waals surface area (Å²) in [6.45, 7) is 1.88. The monoisotopic (exact) mass is 291 g/mol. The standard InChI is InChI=1S/C16H17NO2.ClH/c1-11(17)14-5-3-4-6-15(14)16(18)12-7-9-13(19-2)10-8-12;/h3-11H,17H2,1-2H3;1H/t11-;/m0./s1. The lowest BCUT2D eigenvalue weighted by atomic mass is 9.95. The second-order valence-corrected chi connectivity index (χ2v) is 4.43. The zero-order valence-corrected chi connectivity index (χ0v) is 12.3. The van der Waals surface area contributed by atoms with Gasteiger partial charge in [-0.2, -0.15) is 0 Å². The van der Waals surface area contributed by atoms with Crippen LogP contribution in [0.4, 0.5) is 0 Å². The number of hydrogen-bond donors (Lipinski definition) is 1. The average molecular weight is 292 g/mol. The van der Waals surface area contributed by atoms with E-state index >= 15 is 0 Å². The van der Waals surface area contributed by atoms with Gasteiger partial charge in [0.1, 0.15) is 5.75 Å². The number of hydrogen-bond acceptors (Lipinski definition) is 3. The number of ketones is 1. The quantitative estimate of drug-likeness (QED) is 0.879. The van der Waals surface area contributed by atoms with E-state index in [1.807, 2.05) is 31.2 Å². The lowest BCUT2D eigenvalue weighted by molar-refractivity contribution is 0.103. The van der Waals surface area contributed by atoms with Gasteiger partial charge in [-0.05, 0) is 36.8 Å². The normalized spacial score (nSPS) is 11.3. The first-order chi connectivity index (χ1) is 9.13. The van der Waals surface area contributed by atoms with Crippen molar-refractivity contribution in [2.75, 3.05) is 7.11 Å². The van der Waals surface area contributed by atoms with Crippen molar-refractivity contribution in [2.45, 2.75) is 13.0 Å². The van der Waals surface area contributed by atoms with Crippen LogP contribution in [-0.2, 0) is 0 Å². The van der Waals surface area contributed by atoms with Gasteiger partial charge in [0.2, 0.25) is 0 Å². The van der Waals surface area contributed by atoms with Crippen molar-refractivity contribution in [3.63, 3.8) is 0 Å². The summed E-state index contributed by atoms with van der Waals surface area (Å²) >= 11 is 0. The van der Waals surface area contributed by atoms with Gasteiger partial charge in [0, 0.05) is 17.2 Å². The number of rotatable bonds is 4. The summed E-state index contributed by atoms with van der Waals surface area (Å²) in [6, 6.07) is 14.4. The molecule has 0 aromatic heterocycles. The van der Waals surface area contributed by atoms with Crippen LogP contribution in [-0.4, -0.2) is 12.9 Å². The van der Waals surface area contributed by atoms with Gasteiger partial charge < -0.3 is 10.5 Å². The molecule has 0 saturated carbocycles. The van der Waals surface area contributed by atoms with Gasteiger partial charge in [-0.25, -0.2) is 0 Å². The molecule has 3 nitrogen and oxygen atoms in total. The van der Waals surface area contributed by atoms with Crippen molar-refractivity contribution in [3.8, 4) is 5.75 Å². The highest BCUT2D eigenvalue weighted by Crippen LogP contribution is 2.20. The molecule has 0 saturated heterocycles. The molecule has 0 radical (unpaired) electrons. The first-order valence-corrected chi connectivity index (χ1v) is 6.16. The molecule has 0 aliphatic carbocycles. The van der Waals surface area contributed by atoms with Crippen LogP contribution in [0.1, 0.15) is 34.5 Å². The van der Waals surface area contributed by atoms with E-state index in [1.165, 1.54) is 0 Å². The molecule has 0 fully saturated rings. The van der Waals surface area contributed by atoms with Gasteiger partial charge in [-0.15, -0.1) is 12.4 Å². The Bertz CT molecular complexity index is 579. The SMILES string of the molecule is COc1ccc(C(=O)c2ccccc2[C@H](C)N)cc1.Cl. The van der Waals surface area contributed by atoms with Crippen LogP contribution in [0.15, 0.2) is 48.5 Å². The van der Waals surface area contributed by atoms with E-state index in [0.29, 0.717) is 11.1 Å². The zero-order valence-electron chi connectivity index (χ0n) is 11.5. The minimum atomic E-state index is -0.168. The maximum Gasteiger partial charge on any atom is 0.193 e. The predicted molar refractivity (Wildman–Crippen MR) is 82.7 cm³/mol. The van der Waals surface area contributed by atoms with Crippen molar-refractivity contribution in [2.24, 2.45) is 5.73 Å². The van der Waals surface area contributed by atoms with Crippen molar-refractivity contribution in [1.82, 2.24) is 0 Å². The molecule has 0 amide bonds. The van der Waals surface area contributed by atoms with Crippen molar-refractivity contribution in [1.29, 1.82) is 0 Å². The molecule has 0 aliphatic heterocycles. The number of nitrogens with two attached hydrogens (primary N) is 1. The molecule has 0 unspecified atom stereocenters. The van der Waals surface area contributed by atoms with E-state index in [0.717, 1.165) is 11.3 Å². The lowest BCUT2D eigenvalue weighted by Gasteiger charge is -2.11. The molecule has 2 rings (SSSR count). The first-order valence-electron chi connectivity index (χ1n) is 6.16. The summed E-state index contributed by atoms with van der Waals surface area (Å²) in [5, 5.41) is 0. The first kappa shape index (κ1) is 16.2. The van der Waals surface area contributed by atoms with Crippen LogP contribution < -0.4 is 10.5 Å². The average Bonchev–Trinajstić information content (AvgIpc) is 2.46. The fourth-order valence-electron chi connectivity index (χ4n) is 2.00. The van der Waals surface area contributed by atoms with Crippen molar-refractivity contribution >= 4 is 18.2 Å². The highest BCUT2D eigenvalue weighted by atomic mass is 35.5. The third kappa shape index (κ3) is 3.38. The summed E-state index contributed by atoms with van der Waals surface area (Å²) in [6.07, 6.45) is 0. The molecule has 0 heterocycles. The molecular formula is C16H18ClNO2. The van der Waals surface area contributed by atoms with E-state index in [2.05, 4.69) is 0 Å². The van der Waals surface area contributed by atoms with Gasteiger partial charge in [0.25, 0.3) is 0 Å². The largest absolute Gasteiger partial charge is 0.497 e. The second kappa shape index (κ2) is 7.08. The Hall–Kier alpha value is -1.84. The van der Waals surface area contributed by atoms with E-state index < -0.39 is 0 Å². The summed E-state index contributed by atoms with van der Waals surface area (Å²) in [5.74, 6) is 0.715. The van der Waals surface area contributed by atoms with Gasteiger partial charge in [0.15, 0.2) is 5.78 Å². The summed E-state index contributed by atoms with van der Waals surface area (Å²) < 4.78 is 5.09. The number of methoxy groups -OCH3 is 1. The molecule has 2 aromatic carbocycles. The molecule has 20 heavy (non-hydrogen) atoms. The number of carbonyl (C=O) groups is 1. The second-order valence-electron chi connectivity index (χ2n) is 4.43. The third-order valence-electron chi connectivity index (χ3n) is 3.05. The molecule has 4 heteroatoms. The Morgan fingerprint density at radius 1 is 1.10 bits per heavy atom. The smallest absolute Gasteiger partial charge is 0.193 e. The molecule has 0 aliphatic rings. The minimum absolute atomic E-state index is 0. The summed E-state index contributed by atoms with van der Waals surface area (Å²) in [5.41, 5.74) is 8.06.